The van der Waals surface area contributed by atoms with Crippen LogP contribution in [0.1, 0.15) is 61.8 Å². The van der Waals surface area contributed by atoms with Crippen molar-refractivity contribution in [1.29, 1.82) is 0 Å². The highest BCUT2D eigenvalue weighted by molar-refractivity contribution is 5.88. The van der Waals surface area contributed by atoms with Crippen LogP contribution < -0.4 is 5.32 Å². The van der Waals surface area contributed by atoms with E-state index in [1.807, 2.05) is 20.8 Å². The summed E-state index contributed by atoms with van der Waals surface area (Å²) in [6, 6.07) is 0. The van der Waals surface area contributed by atoms with Crippen molar-refractivity contribution in [2.75, 3.05) is 19.7 Å². The van der Waals surface area contributed by atoms with Gasteiger partial charge < -0.3 is 14.8 Å². The zero-order valence-corrected chi connectivity index (χ0v) is 16.1. The molecule has 0 bridgehead atoms. The van der Waals surface area contributed by atoms with Crippen LogP contribution >= 0.6 is 0 Å². The van der Waals surface area contributed by atoms with Crippen molar-refractivity contribution >= 4 is 11.8 Å². The summed E-state index contributed by atoms with van der Waals surface area (Å²) < 4.78 is 11.0. The van der Waals surface area contributed by atoms with E-state index in [1.54, 1.807) is 20.8 Å². The highest BCUT2D eigenvalue weighted by Crippen LogP contribution is 2.13. The average Bonchev–Trinajstić information content (AvgIpc) is 2.35. The van der Waals surface area contributed by atoms with Crippen molar-refractivity contribution in [3.63, 3.8) is 0 Å². The molecule has 0 spiro atoms. The van der Waals surface area contributed by atoms with Gasteiger partial charge in [0.1, 0.15) is 11.2 Å². The summed E-state index contributed by atoms with van der Waals surface area (Å²) in [5.74, 6) is -0.0248. The van der Waals surface area contributed by atoms with Gasteiger partial charge in [-0.15, -0.1) is 0 Å². The maximum Gasteiger partial charge on any atom is 0.310 e. The molecule has 1 N–H and O–H groups in total. The van der Waals surface area contributed by atoms with E-state index in [9.17, 15) is 9.59 Å². The number of rotatable bonds is 10. The Hall–Kier alpha value is -0.940. The molecule has 0 rings (SSSR count). The van der Waals surface area contributed by atoms with Gasteiger partial charge in [-0.2, -0.15) is 0 Å². The zero-order valence-electron chi connectivity index (χ0n) is 16.1. The largest absolute Gasteiger partial charge is 0.460 e. The van der Waals surface area contributed by atoms with Gasteiger partial charge in [0.25, 0.3) is 0 Å². The van der Waals surface area contributed by atoms with E-state index in [2.05, 4.69) is 19.2 Å². The van der Waals surface area contributed by atoms with E-state index in [4.69, 9.17) is 9.47 Å². The smallest absolute Gasteiger partial charge is 0.310 e. The van der Waals surface area contributed by atoms with Gasteiger partial charge in [0, 0.05) is 13.2 Å². The molecule has 0 aliphatic carbocycles. The molecule has 23 heavy (non-hydrogen) atoms. The van der Waals surface area contributed by atoms with Crippen LogP contribution in [0, 0.1) is 11.8 Å². The van der Waals surface area contributed by atoms with Gasteiger partial charge in [0.05, 0.1) is 12.5 Å². The van der Waals surface area contributed by atoms with Crippen LogP contribution in [-0.4, -0.2) is 42.7 Å². The third-order valence-corrected chi connectivity index (χ3v) is 3.37. The third-order valence-electron chi connectivity index (χ3n) is 3.37. The van der Waals surface area contributed by atoms with Crippen molar-refractivity contribution in [3.8, 4) is 0 Å². The fourth-order valence-electron chi connectivity index (χ4n) is 1.73. The van der Waals surface area contributed by atoms with Crippen molar-refractivity contribution < 1.29 is 19.1 Å². The minimum Gasteiger partial charge on any atom is -0.460 e. The van der Waals surface area contributed by atoms with Gasteiger partial charge in [-0.3, -0.25) is 9.59 Å². The molecular formula is C18H35NO4. The van der Waals surface area contributed by atoms with E-state index in [-0.39, 0.29) is 24.2 Å². The van der Waals surface area contributed by atoms with E-state index < -0.39 is 11.2 Å². The molecule has 0 aromatic carbocycles. The molecule has 0 aliphatic heterocycles. The SMILES string of the molecule is CC(C)CCOC(C)(C)C(=O)CNCC(C)C(=O)OC(C)(C)C. The lowest BCUT2D eigenvalue weighted by molar-refractivity contribution is -0.159. The van der Waals surface area contributed by atoms with Gasteiger partial charge in [-0.1, -0.05) is 20.8 Å². The van der Waals surface area contributed by atoms with Gasteiger partial charge in [-0.05, 0) is 47.0 Å². The lowest BCUT2D eigenvalue weighted by Crippen LogP contribution is -2.43. The van der Waals surface area contributed by atoms with Crippen LogP contribution in [0.5, 0.6) is 0 Å². The number of Topliss-reactive ketones (excluding diaryl/α,β-unsaturated/α-hetero) is 1. The van der Waals surface area contributed by atoms with Crippen LogP contribution in [-0.2, 0) is 19.1 Å². The van der Waals surface area contributed by atoms with Crippen LogP contribution in [0.3, 0.4) is 0 Å². The fraction of sp³-hybridized carbons (Fsp3) is 0.889. The summed E-state index contributed by atoms with van der Waals surface area (Å²) in [4.78, 5) is 24.1. The molecule has 0 aromatic heterocycles. The molecule has 1 atom stereocenters. The number of carbonyl (C=O) groups excluding carboxylic acids is 2. The fourth-order valence-corrected chi connectivity index (χ4v) is 1.73. The Kier molecular flexibility index (Phi) is 9.00. The first kappa shape index (κ1) is 22.1. The number of hydrogen-bond acceptors (Lipinski definition) is 5. The highest BCUT2D eigenvalue weighted by atomic mass is 16.6. The van der Waals surface area contributed by atoms with Gasteiger partial charge in [0.15, 0.2) is 5.78 Å². The standard InChI is InChI=1S/C18H35NO4/c1-13(2)9-10-22-18(7,8)15(20)12-19-11-14(3)16(21)23-17(4,5)6/h13-14,19H,9-12H2,1-8H3. The molecule has 5 heteroatoms. The predicted octanol–water partition coefficient (Wildman–Crippen LogP) is 2.96. The molecule has 0 heterocycles. The first-order valence-corrected chi connectivity index (χ1v) is 8.46. The number of ketones is 1. The maximum atomic E-state index is 12.2. The molecular weight excluding hydrogens is 294 g/mol. The number of esters is 1. The Morgan fingerprint density at radius 2 is 1.61 bits per heavy atom. The molecule has 0 saturated heterocycles. The number of hydrogen-bond donors (Lipinski definition) is 1. The van der Waals surface area contributed by atoms with Crippen LogP contribution in [0.4, 0.5) is 0 Å². The number of carbonyl (C=O) groups is 2. The maximum absolute atomic E-state index is 12.2. The molecule has 0 amide bonds. The minimum absolute atomic E-state index is 0.0161. The van der Waals surface area contributed by atoms with Gasteiger partial charge in [0.2, 0.25) is 0 Å². The van der Waals surface area contributed by atoms with Crippen molar-refractivity contribution in [2.24, 2.45) is 11.8 Å². The molecule has 0 aromatic rings. The predicted molar refractivity (Wildman–Crippen MR) is 92.4 cm³/mol. The molecule has 0 radical (unpaired) electrons. The Morgan fingerprint density at radius 1 is 1.04 bits per heavy atom. The minimum atomic E-state index is -0.808. The summed E-state index contributed by atoms with van der Waals surface area (Å²) >= 11 is 0. The molecule has 0 saturated carbocycles. The Bertz CT molecular complexity index is 383. The zero-order chi connectivity index (χ0) is 18.3. The summed E-state index contributed by atoms with van der Waals surface area (Å²) in [5, 5.41) is 3.03. The number of nitrogens with one attached hydrogen (secondary N) is 1. The second kappa shape index (κ2) is 9.38. The Balaban J connectivity index is 4.15. The molecule has 0 fully saturated rings. The van der Waals surface area contributed by atoms with Crippen molar-refractivity contribution in [2.45, 2.75) is 73.0 Å². The first-order chi connectivity index (χ1) is 10.3. The third kappa shape index (κ3) is 10.4. The van der Waals surface area contributed by atoms with E-state index >= 15 is 0 Å². The summed E-state index contributed by atoms with van der Waals surface area (Å²) in [6.07, 6.45) is 0.930. The summed E-state index contributed by atoms with van der Waals surface area (Å²) in [6.45, 7) is 16.3. The molecule has 1 unspecified atom stereocenters. The van der Waals surface area contributed by atoms with Crippen LogP contribution in [0.25, 0.3) is 0 Å². The highest BCUT2D eigenvalue weighted by Gasteiger charge is 2.28. The van der Waals surface area contributed by atoms with E-state index in [1.165, 1.54) is 0 Å². The quantitative estimate of drug-likeness (QED) is 0.624. The lowest BCUT2D eigenvalue weighted by Gasteiger charge is -2.25. The normalized spacial score (nSPS) is 14.0. The van der Waals surface area contributed by atoms with Gasteiger partial charge >= 0.3 is 5.97 Å². The van der Waals surface area contributed by atoms with E-state index in [0.29, 0.717) is 19.1 Å². The van der Waals surface area contributed by atoms with Gasteiger partial charge in [-0.25, -0.2) is 0 Å². The summed E-state index contributed by atoms with van der Waals surface area (Å²) in [5.41, 5.74) is -1.30. The lowest BCUT2D eigenvalue weighted by atomic mass is 10.0. The van der Waals surface area contributed by atoms with E-state index in [0.717, 1.165) is 6.42 Å². The summed E-state index contributed by atoms with van der Waals surface area (Å²) in [7, 11) is 0. The molecule has 5 nitrogen and oxygen atoms in total. The second-order valence-corrected chi connectivity index (χ2v) is 8.03. The van der Waals surface area contributed by atoms with Crippen molar-refractivity contribution in [1.82, 2.24) is 5.32 Å². The molecule has 136 valence electrons. The Labute approximate surface area is 141 Å². The second-order valence-electron chi connectivity index (χ2n) is 8.03. The number of ether oxygens (including phenoxy) is 2. The van der Waals surface area contributed by atoms with Crippen molar-refractivity contribution in [3.05, 3.63) is 0 Å². The molecule has 0 aliphatic rings. The average molecular weight is 329 g/mol. The monoisotopic (exact) mass is 329 g/mol. The van der Waals surface area contributed by atoms with Crippen LogP contribution in [0.2, 0.25) is 0 Å². The van der Waals surface area contributed by atoms with Crippen LogP contribution in [0.15, 0.2) is 0 Å². The first-order valence-electron chi connectivity index (χ1n) is 8.46. The topological polar surface area (TPSA) is 64.6 Å². The Morgan fingerprint density at radius 3 is 2.09 bits per heavy atom.